The van der Waals surface area contributed by atoms with Crippen molar-refractivity contribution in [2.75, 3.05) is 13.2 Å². The van der Waals surface area contributed by atoms with E-state index in [9.17, 15) is 0 Å². The van der Waals surface area contributed by atoms with E-state index in [1.54, 1.807) is 0 Å². The van der Waals surface area contributed by atoms with Crippen LogP contribution < -0.4 is 0 Å². The third kappa shape index (κ3) is 27.6. The van der Waals surface area contributed by atoms with Gasteiger partial charge in [0.1, 0.15) is 0 Å². The lowest BCUT2D eigenvalue weighted by Crippen LogP contribution is -2.36. The number of ether oxygens (including phenoxy) is 1. The lowest BCUT2D eigenvalue weighted by atomic mass is 9.59. The zero-order valence-corrected chi connectivity index (χ0v) is 50.2. The summed E-state index contributed by atoms with van der Waals surface area (Å²) in [5.74, 6) is 8.19. The van der Waals surface area contributed by atoms with Gasteiger partial charge in [0.05, 0.1) is 0 Å². The van der Waals surface area contributed by atoms with Crippen molar-refractivity contribution in [2.45, 2.75) is 265 Å². The molecule has 70 heavy (non-hydrogen) atoms. The predicted octanol–water partition coefficient (Wildman–Crippen LogP) is 22.3. The summed E-state index contributed by atoms with van der Waals surface area (Å²) < 4.78 is 5.13. The molecule has 1 nitrogen and oxygen atoms in total. The molecule has 0 unspecified atom stereocenters. The Kier molecular flexibility index (Phi) is 35.0. The molecular formula is C69H120O. The van der Waals surface area contributed by atoms with Gasteiger partial charge in [-0.2, -0.15) is 0 Å². The van der Waals surface area contributed by atoms with Crippen molar-refractivity contribution in [2.24, 2.45) is 52.8 Å². The van der Waals surface area contributed by atoms with Gasteiger partial charge in [-0.15, -0.1) is 0 Å². The zero-order chi connectivity index (χ0) is 52.5. The first kappa shape index (κ1) is 65.6. The van der Waals surface area contributed by atoms with Crippen LogP contribution >= 0.6 is 0 Å². The van der Waals surface area contributed by atoms with Gasteiger partial charge >= 0.3 is 0 Å². The van der Waals surface area contributed by atoms with Gasteiger partial charge in [-0.05, 0) is 130 Å². The molecule has 0 atom stereocenters. The number of rotatable bonds is 10. The van der Waals surface area contributed by atoms with Crippen LogP contribution in [0.4, 0.5) is 0 Å². The maximum atomic E-state index is 5.13. The lowest BCUT2D eigenvalue weighted by molar-refractivity contribution is 0.0421. The van der Waals surface area contributed by atoms with Crippen molar-refractivity contribution < 1.29 is 4.74 Å². The van der Waals surface area contributed by atoms with Crippen LogP contribution in [0.25, 0.3) is 0 Å². The van der Waals surface area contributed by atoms with Gasteiger partial charge in [0.25, 0.3) is 0 Å². The summed E-state index contributed by atoms with van der Waals surface area (Å²) in [5.41, 5.74) is 8.70. The van der Waals surface area contributed by atoms with E-state index in [0.717, 1.165) is 73.4 Å². The lowest BCUT2D eigenvalue weighted by Gasteiger charge is -2.46. The van der Waals surface area contributed by atoms with E-state index in [-0.39, 0.29) is 5.41 Å². The highest BCUT2D eigenvalue weighted by Gasteiger charge is 2.39. The fourth-order valence-corrected chi connectivity index (χ4v) is 11.0. The molecular weight excluding hydrogens is 845 g/mol. The summed E-state index contributed by atoms with van der Waals surface area (Å²) >= 11 is 0. The molecule has 0 saturated heterocycles. The Hall–Kier alpha value is -2.38. The van der Waals surface area contributed by atoms with E-state index in [0.29, 0.717) is 5.41 Å². The largest absolute Gasteiger partial charge is 0.381 e. The second-order valence-electron chi connectivity index (χ2n) is 24.6. The molecule has 0 spiro atoms. The van der Waals surface area contributed by atoms with E-state index in [4.69, 9.17) is 4.74 Å². The molecule has 0 amide bonds. The third-order valence-electron chi connectivity index (χ3n) is 17.0. The summed E-state index contributed by atoms with van der Waals surface area (Å²) in [6, 6.07) is 26.1. The monoisotopic (exact) mass is 965 g/mol. The maximum Gasteiger partial charge on any atom is 0.0463 e. The molecule has 4 aliphatic rings. The molecule has 3 aromatic carbocycles. The van der Waals surface area contributed by atoms with Gasteiger partial charge in [0, 0.05) is 18.6 Å². The minimum absolute atomic E-state index is 0.0708. The Morgan fingerprint density at radius 2 is 0.600 bits per heavy atom. The summed E-state index contributed by atoms with van der Waals surface area (Å²) in [6.07, 6.45) is 30.2. The Labute approximate surface area is 439 Å². The van der Waals surface area contributed by atoms with Crippen LogP contribution in [0.1, 0.15) is 265 Å². The van der Waals surface area contributed by atoms with Crippen LogP contribution in [-0.2, 0) is 10.2 Å². The minimum atomic E-state index is 0.0708. The van der Waals surface area contributed by atoms with Crippen LogP contribution in [0, 0.1) is 80.5 Å². The highest BCUT2D eigenvalue weighted by atomic mass is 16.5. The van der Waals surface area contributed by atoms with Crippen molar-refractivity contribution >= 4 is 0 Å². The highest BCUT2D eigenvalue weighted by Crippen LogP contribution is 2.49. The molecule has 0 N–H and O–H groups in total. The first-order valence-corrected chi connectivity index (χ1v) is 30.0. The maximum absolute atomic E-state index is 5.13. The van der Waals surface area contributed by atoms with Crippen molar-refractivity contribution in [1.29, 1.82) is 0 Å². The molecule has 0 aromatic heterocycles. The molecule has 4 fully saturated rings. The number of aryl methyl sites for hydroxylation is 4. The summed E-state index contributed by atoms with van der Waals surface area (Å²) in [4.78, 5) is 0. The first-order chi connectivity index (χ1) is 33.3. The van der Waals surface area contributed by atoms with Crippen molar-refractivity contribution in [1.82, 2.24) is 0 Å². The number of hydrogen-bond donors (Lipinski definition) is 0. The smallest absolute Gasteiger partial charge is 0.0463 e. The van der Waals surface area contributed by atoms with Gasteiger partial charge < -0.3 is 4.74 Å². The van der Waals surface area contributed by atoms with Crippen molar-refractivity contribution in [3.8, 4) is 0 Å². The van der Waals surface area contributed by atoms with Gasteiger partial charge in [-0.1, -0.05) is 288 Å². The molecule has 4 aliphatic carbocycles. The van der Waals surface area contributed by atoms with E-state index >= 15 is 0 Å². The fourth-order valence-electron chi connectivity index (χ4n) is 11.0. The molecule has 7 rings (SSSR count). The molecule has 0 heterocycles. The molecule has 402 valence electrons. The Morgan fingerprint density at radius 3 is 0.829 bits per heavy atom. The molecule has 0 radical (unpaired) electrons. The van der Waals surface area contributed by atoms with Gasteiger partial charge in [-0.25, -0.2) is 0 Å². The quantitative estimate of drug-likeness (QED) is 0.184. The van der Waals surface area contributed by atoms with Crippen molar-refractivity contribution in [3.63, 3.8) is 0 Å². The molecule has 4 saturated carbocycles. The van der Waals surface area contributed by atoms with Crippen LogP contribution in [0.5, 0.6) is 0 Å². The Balaban J connectivity index is 0.000000430. The van der Waals surface area contributed by atoms with Gasteiger partial charge in [0.2, 0.25) is 0 Å². The van der Waals surface area contributed by atoms with E-state index in [2.05, 4.69) is 197 Å². The highest BCUT2D eigenvalue weighted by molar-refractivity contribution is 5.39. The minimum Gasteiger partial charge on any atom is -0.381 e. The standard InChI is InChI=1S/C17H32.C17H20.C10H20.C8H16.C8H10.C6H14O.C3H8/c2*1-13-5-9-15(10-6-13)17(3,4)16-11-7-14(2)8-12-16;1-3-9-5-7-10(4-2)8-6-9;2*1-7-3-5-8(2)6-4-7;1-3-5-7-6-4-2;1-3-2/h13-16H,5-12H2,1-4H3;5-12H,1-4H3;9-10H,3-8H2,1-2H3;7-8H,3-6H2,1-2H3;3-6H,1-2H3;3-6H2,1-2H3;3H2,1-2H3. The molecule has 0 aliphatic heterocycles. The Bertz CT molecular complexity index is 1490. The van der Waals surface area contributed by atoms with Crippen LogP contribution in [0.2, 0.25) is 0 Å². The number of benzene rings is 3. The average Bonchev–Trinajstić information content (AvgIpc) is 3.35. The molecule has 0 bridgehead atoms. The van der Waals surface area contributed by atoms with Crippen LogP contribution in [-0.4, -0.2) is 13.2 Å². The second kappa shape index (κ2) is 37.4. The topological polar surface area (TPSA) is 9.23 Å². The van der Waals surface area contributed by atoms with E-state index in [1.165, 1.54) is 155 Å². The molecule has 3 aromatic rings. The third-order valence-corrected chi connectivity index (χ3v) is 17.0. The fraction of sp³-hybridized carbons (Fsp3) is 0.739. The second-order valence-corrected chi connectivity index (χ2v) is 24.6. The van der Waals surface area contributed by atoms with E-state index < -0.39 is 0 Å². The molecule has 1 heteroatoms. The zero-order valence-electron chi connectivity index (χ0n) is 50.2. The Morgan fingerprint density at radius 1 is 0.371 bits per heavy atom. The van der Waals surface area contributed by atoms with Gasteiger partial charge in [-0.3, -0.25) is 0 Å². The summed E-state index contributed by atoms with van der Waals surface area (Å²) in [5, 5.41) is 0. The van der Waals surface area contributed by atoms with Gasteiger partial charge in [0.15, 0.2) is 0 Å². The van der Waals surface area contributed by atoms with Crippen LogP contribution in [0.3, 0.4) is 0 Å². The average molecular weight is 966 g/mol. The predicted molar refractivity (Wildman–Crippen MR) is 317 cm³/mol. The SMILES string of the molecule is CC1CCC(C(C)(C)C2CCC(C)CC2)CC1.CC1CCC(C)CC1.CCC.CCC1CCC(CC)CC1.CCCOCCC.Cc1ccc(C(C)(C)c2ccc(C)cc2)cc1.Cc1ccc(C)cc1. The van der Waals surface area contributed by atoms with Crippen LogP contribution in [0.15, 0.2) is 72.8 Å². The summed E-state index contributed by atoms with van der Waals surface area (Å²) in [6.45, 7) is 42.8. The number of hydrogen-bond acceptors (Lipinski definition) is 1. The van der Waals surface area contributed by atoms with Crippen molar-refractivity contribution in [3.05, 3.63) is 106 Å². The summed E-state index contributed by atoms with van der Waals surface area (Å²) in [7, 11) is 0. The first-order valence-electron chi connectivity index (χ1n) is 30.0. The van der Waals surface area contributed by atoms with E-state index in [1.807, 2.05) is 0 Å². The normalized spacial score (nSPS) is 24.3.